The van der Waals surface area contributed by atoms with Gasteiger partial charge in [-0.2, -0.15) is 5.10 Å². The monoisotopic (exact) mass is 315 g/mol. The van der Waals surface area contributed by atoms with E-state index in [4.69, 9.17) is 0 Å². The van der Waals surface area contributed by atoms with Gasteiger partial charge in [0.2, 0.25) is 10.0 Å². The maximum Gasteiger partial charge on any atom is 0.244 e. The fourth-order valence-electron chi connectivity index (χ4n) is 2.47. The molecule has 0 aliphatic carbocycles. The predicted octanol–water partition coefficient (Wildman–Crippen LogP) is 3.45. The minimum absolute atomic E-state index is 0.294. The largest absolute Gasteiger partial charge is 0.281 e. The number of nitrogens with one attached hydrogen (secondary N) is 2. The third-order valence-corrected chi connectivity index (χ3v) is 5.37. The molecule has 0 amide bonds. The van der Waals surface area contributed by atoms with Crippen LogP contribution in [-0.4, -0.2) is 25.2 Å². The number of hydrogen-bond donors (Lipinski definition) is 2. The van der Waals surface area contributed by atoms with E-state index in [2.05, 4.69) is 21.8 Å². The summed E-state index contributed by atoms with van der Waals surface area (Å²) in [6.45, 7) is 6.15. The molecule has 6 heteroatoms. The van der Waals surface area contributed by atoms with E-state index in [0.29, 0.717) is 22.8 Å². The lowest BCUT2D eigenvalue weighted by Crippen LogP contribution is -2.25. The molecular formula is C15H29N3O2S. The van der Waals surface area contributed by atoms with Gasteiger partial charge < -0.3 is 0 Å². The lowest BCUT2D eigenvalue weighted by molar-refractivity contribution is 0.558. The molecule has 21 heavy (non-hydrogen) atoms. The van der Waals surface area contributed by atoms with Crippen LogP contribution in [0, 0.1) is 13.8 Å². The fraction of sp³-hybridized carbons (Fsp3) is 0.800. The van der Waals surface area contributed by atoms with Gasteiger partial charge >= 0.3 is 0 Å². The molecule has 0 spiro atoms. The van der Waals surface area contributed by atoms with Crippen LogP contribution >= 0.6 is 0 Å². The van der Waals surface area contributed by atoms with E-state index >= 15 is 0 Å². The van der Waals surface area contributed by atoms with Crippen LogP contribution in [0.5, 0.6) is 0 Å². The Bertz CT molecular complexity index is 489. The molecule has 0 saturated heterocycles. The van der Waals surface area contributed by atoms with Crippen molar-refractivity contribution in [1.29, 1.82) is 0 Å². The van der Waals surface area contributed by atoms with Crippen LogP contribution in [0.4, 0.5) is 0 Å². The number of hydrogen-bond acceptors (Lipinski definition) is 3. The van der Waals surface area contributed by atoms with Gasteiger partial charge in [-0.15, -0.1) is 0 Å². The summed E-state index contributed by atoms with van der Waals surface area (Å²) in [5.74, 6) is 0. The third kappa shape index (κ3) is 6.18. The van der Waals surface area contributed by atoms with Crippen LogP contribution < -0.4 is 4.72 Å². The Morgan fingerprint density at radius 1 is 1.00 bits per heavy atom. The average Bonchev–Trinajstić information content (AvgIpc) is 2.77. The lowest BCUT2D eigenvalue weighted by atomic mass is 10.1. The van der Waals surface area contributed by atoms with E-state index in [1.165, 1.54) is 38.5 Å². The third-order valence-electron chi connectivity index (χ3n) is 3.65. The number of H-pyrrole nitrogens is 1. The van der Waals surface area contributed by atoms with Gasteiger partial charge in [0.15, 0.2) is 0 Å². The molecule has 2 N–H and O–H groups in total. The van der Waals surface area contributed by atoms with Crippen molar-refractivity contribution in [3.05, 3.63) is 11.4 Å². The van der Waals surface area contributed by atoms with Gasteiger partial charge in [-0.1, -0.05) is 51.9 Å². The van der Waals surface area contributed by atoms with Crippen LogP contribution in [0.1, 0.15) is 69.7 Å². The Kier molecular flexibility index (Phi) is 7.96. The minimum atomic E-state index is -3.43. The number of aromatic nitrogens is 2. The number of aromatic amines is 1. The summed E-state index contributed by atoms with van der Waals surface area (Å²) < 4.78 is 27.0. The zero-order valence-corrected chi connectivity index (χ0v) is 14.4. The molecule has 1 heterocycles. The predicted molar refractivity (Wildman–Crippen MR) is 85.9 cm³/mol. The van der Waals surface area contributed by atoms with Crippen molar-refractivity contribution in [2.45, 2.75) is 77.0 Å². The van der Waals surface area contributed by atoms with Crippen LogP contribution in [0.25, 0.3) is 0 Å². The first-order valence-corrected chi connectivity index (χ1v) is 9.48. The van der Waals surface area contributed by atoms with Gasteiger partial charge in [0.25, 0.3) is 0 Å². The fourth-order valence-corrected chi connectivity index (χ4v) is 3.91. The summed E-state index contributed by atoms with van der Waals surface area (Å²) in [6.07, 6.45) is 9.63. The number of sulfonamides is 1. The van der Waals surface area contributed by atoms with Crippen molar-refractivity contribution < 1.29 is 8.42 Å². The number of rotatable bonds is 11. The first-order chi connectivity index (χ1) is 9.99. The van der Waals surface area contributed by atoms with Crippen molar-refractivity contribution in [3.8, 4) is 0 Å². The summed E-state index contributed by atoms with van der Waals surface area (Å²) in [5.41, 5.74) is 1.12. The highest BCUT2D eigenvalue weighted by Gasteiger charge is 2.21. The second kappa shape index (κ2) is 9.20. The summed E-state index contributed by atoms with van der Waals surface area (Å²) >= 11 is 0. The van der Waals surface area contributed by atoms with Crippen LogP contribution in [0.2, 0.25) is 0 Å². The van der Waals surface area contributed by atoms with E-state index in [9.17, 15) is 8.42 Å². The molecule has 0 atom stereocenters. The normalized spacial score (nSPS) is 12.0. The van der Waals surface area contributed by atoms with Crippen LogP contribution in [-0.2, 0) is 10.0 Å². The first kappa shape index (κ1) is 18.2. The molecule has 0 unspecified atom stereocenters. The van der Waals surface area contributed by atoms with Crippen LogP contribution in [0.15, 0.2) is 4.90 Å². The Morgan fingerprint density at radius 2 is 1.57 bits per heavy atom. The van der Waals surface area contributed by atoms with Gasteiger partial charge in [0.1, 0.15) is 4.90 Å². The molecule has 1 aromatic heterocycles. The minimum Gasteiger partial charge on any atom is -0.281 e. The second-order valence-electron chi connectivity index (χ2n) is 5.64. The van der Waals surface area contributed by atoms with Crippen molar-refractivity contribution in [3.63, 3.8) is 0 Å². The van der Waals surface area contributed by atoms with Crippen molar-refractivity contribution in [2.75, 3.05) is 6.54 Å². The van der Waals surface area contributed by atoms with Gasteiger partial charge in [0.05, 0.1) is 11.4 Å². The van der Waals surface area contributed by atoms with Gasteiger partial charge in [-0.05, 0) is 20.3 Å². The zero-order valence-electron chi connectivity index (χ0n) is 13.5. The molecule has 122 valence electrons. The lowest BCUT2D eigenvalue weighted by Gasteiger charge is -2.07. The van der Waals surface area contributed by atoms with Crippen molar-refractivity contribution in [1.82, 2.24) is 14.9 Å². The Morgan fingerprint density at radius 3 is 2.10 bits per heavy atom. The number of nitrogens with zero attached hydrogens (tertiary/aromatic N) is 1. The smallest absolute Gasteiger partial charge is 0.244 e. The highest BCUT2D eigenvalue weighted by Crippen LogP contribution is 2.16. The molecule has 0 aliphatic rings. The maximum absolute atomic E-state index is 12.2. The van der Waals surface area contributed by atoms with Gasteiger partial charge in [0, 0.05) is 6.54 Å². The Hall–Kier alpha value is -0.880. The second-order valence-corrected chi connectivity index (χ2v) is 7.34. The molecule has 5 nitrogen and oxygen atoms in total. The molecule has 1 rings (SSSR count). The molecule has 0 bridgehead atoms. The molecule has 1 aromatic rings. The van der Waals surface area contributed by atoms with Crippen molar-refractivity contribution >= 4 is 10.0 Å². The molecule has 0 aromatic carbocycles. The highest BCUT2D eigenvalue weighted by molar-refractivity contribution is 7.89. The number of unbranched alkanes of at least 4 members (excludes halogenated alkanes) is 7. The standard InChI is InChI=1S/C15H29N3O2S/c1-4-5-6-7-8-9-10-11-12-16-21(19,20)15-13(2)17-18-14(15)3/h16H,4-12H2,1-3H3,(H,17,18). The topological polar surface area (TPSA) is 74.8 Å². The molecular weight excluding hydrogens is 286 g/mol. The summed E-state index contributed by atoms with van der Waals surface area (Å²) in [6, 6.07) is 0. The van der Waals surface area contributed by atoms with Gasteiger partial charge in [-0.3, -0.25) is 5.10 Å². The summed E-state index contributed by atoms with van der Waals surface area (Å²) in [4.78, 5) is 0.294. The van der Waals surface area contributed by atoms with E-state index in [-0.39, 0.29) is 0 Å². The Balaban J connectivity index is 2.21. The zero-order chi connectivity index (χ0) is 15.7. The van der Waals surface area contributed by atoms with Crippen LogP contribution in [0.3, 0.4) is 0 Å². The molecule has 0 fully saturated rings. The number of aryl methyl sites for hydroxylation is 2. The van der Waals surface area contributed by atoms with E-state index in [1.54, 1.807) is 13.8 Å². The maximum atomic E-state index is 12.2. The molecule has 0 saturated carbocycles. The van der Waals surface area contributed by atoms with E-state index < -0.39 is 10.0 Å². The highest BCUT2D eigenvalue weighted by atomic mass is 32.2. The quantitative estimate of drug-likeness (QED) is 0.614. The van der Waals surface area contributed by atoms with E-state index in [0.717, 1.165) is 12.8 Å². The SMILES string of the molecule is CCCCCCCCCCNS(=O)(=O)c1c(C)n[nH]c1C. The van der Waals surface area contributed by atoms with E-state index in [1.807, 2.05) is 0 Å². The first-order valence-electron chi connectivity index (χ1n) is 8.00. The molecule has 0 aliphatic heterocycles. The van der Waals surface area contributed by atoms with Crippen molar-refractivity contribution in [2.24, 2.45) is 0 Å². The van der Waals surface area contributed by atoms with Gasteiger partial charge in [-0.25, -0.2) is 13.1 Å². The summed E-state index contributed by atoms with van der Waals surface area (Å²) in [5, 5.41) is 6.64. The summed E-state index contributed by atoms with van der Waals surface area (Å²) in [7, 11) is -3.43. The molecule has 0 radical (unpaired) electrons. The average molecular weight is 315 g/mol. The Labute approximate surface area is 129 Å².